The molecule has 1 saturated heterocycles. The summed E-state index contributed by atoms with van der Waals surface area (Å²) in [4.78, 5) is 17.4. The maximum absolute atomic E-state index is 13.1. The first-order valence-corrected chi connectivity index (χ1v) is 16.3. The van der Waals surface area contributed by atoms with Gasteiger partial charge in [-0.15, -0.1) is 4.31 Å². The highest BCUT2D eigenvalue weighted by molar-refractivity contribution is 7.89. The molecular weight excluding hydrogens is 560 g/mol. The third-order valence-electron chi connectivity index (χ3n) is 7.25. The second-order valence-electron chi connectivity index (χ2n) is 12.1. The molecule has 1 amide bonds. The predicted molar refractivity (Wildman–Crippen MR) is 174 cm³/mol. The molecular formula is C34H44N4O4S. The van der Waals surface area contributed by atoms with Crippen molar-refractivity contribution in [2.45, 2.75) is 76.7 Å². The first-order chi connectivity index (χ1) is 20.6. The van der Waals surface area contributed by atoms with Crippen molar-refractivity contribution in [3.8, 4) is 23.0 Å². The molecule has 0 radical (unpaired) electrons. The van der Waals surface area contributed by atoms with Crippen molar-refractivity contribution in [3.63, 3.8) is 0 Å². The molecule has 0 aliphatic carbocycles. The van der Waals surface area contributed by atoms with Crippen LogP contribution in [0.5, 0.6) is 0 Å². The zero-order valence-corrected chi connectivity index (χ0v) is 26.6. The largest absolute Gasteiger partial charge is 0.593 e. The fraction of sp³-hybridized carbons (Fsp3) is 0.471. The number of carbonyl (C=O) groups is 1. The minimum absolute atomic E-state index is 0.116. The van der Waals surface area contributed by atoms with Crippen molar-refractivity contribution in [3.05, 3.63) is 53.6 Å². The highest BCUT2D eigenvalue weighted by atomic mass is 32.2. The Bertz CT molecular complexity index is 1470. The molecule has 4 N–H and O–H groups in total. The van der Waals surface area contributed by atoms with Gasteiger partial charge < -0.3 is 25.4 Å². The molecule has 2 heterocycles. The van der Waals surface area contributed by atoms with E-state index in [2.05, 4.69) is 36.2 Å². The molecule has 1 atom stereocenters. The van der Waals surface area contributed by atoms with Crippen LogP contribution in [0.4, 0.5) is 10.6 Å². The van der Waals surface area contributed by atoms with Crippen LogP contribution in [-0.4, -0.2) is 56.9 Å². The van der Waals surface area contributed by atoms with Crippen LogP contribution in [0.15, 0.2) is 47.4 Å². The molecule has 0 spiro atoms. The number of aliphatic hydroxyl groups excluding tert-OH is 1. The highest BCUT2D eigenvalue weighted by Gasteiger charge is 2.36. The first-order valence-electron chi connectivity index (χ1n) is 15.1. The van der Waals surface area contributed by atoms with Gasteiger partial charge in [0.25, 0.3) is 0 Å². The molecule has 1 fully saturated rings. The zero-order valence-electron chi connectivity index (χ0n) is 25.7. The first kappa shape index (κ1) is 32.6. The third kappa shape index (κ3) is 9.10. The smallest absolute Gasteiger partial charge is 0.407 e. The van der Waals surface area contributed by atoms with Crippen LogP contribution >= 0.6 is 0 Å². The van der Waals surface area contributed by atoms with Gasteiger partial charge in [-0.1, -0.05) is 43.7 Å². The van der Waals surface area contributed by atoms with Gasteiger partial charge in [0.2, 0.25) is 0 Å². The number of aryl methyl sites for hydroxylation is 1. The van der Waals surface area contributed by atoms with Gasteiger partial charge in [-0.3, -0.25) is 0 Å². The number of nitrogen functional groups attached to an aromatic ring is 1. The van der Waals surface area contributed by atoms with Crippen molar-refractivity contribution in [1.82, 2.24) is 14.6 Å². The maximum Gasteiger partial charge on any atom is 0.407 e. The lowest BCUT2D eigenvalue weighted by Crippen LogP contribution is -2.51. The summed E-state index contributed by atoms with van der Waals surface area (Å²) in [5.41, 5.74) is 10.4. The molecule has 4 rings (SSSR count). The van der Waals surface area contributed by atoms with E-state index < -0.39 is 23.1 Å². The van der Waals surface area contributed by atoms with Gasteiger partial charge in [0.05, 0.1) is 30.0 Å². The monoisotopic (exact) mass is 604 g/mol. The lowest BCUT2D eigenvalue weighted by molar-refractivity contribution is 0.0527. The molecule has 0 saturated carbocycles. The Labute approximate surface area is 258 Å². The Morgan fingerprint density at radius 2 is 1.98 bits per heavy atom. The number of aliphatic hydroxyl groups is 1. The molecule has 8 nitrogen and oxygen atoms in total. The molecule has 3 aromatic rings. The number of carbonyl (C=O) groups excluding carboxylic acids is 1. The van der Waals surface area contributed by atoms with Gasteiger partial charge in [0.15, 0.2) is 4.90 Å². The SMILES string of the molecule is CCCCCc1cc2c(C#CCCCNC(=O)OC(C)(C)C)cc(-c3cccc([S+]([O-])N4CC(CO)C4)c3)cc2nc1N. The summed E-state index contributed by atoms with van der Waals surface area (Å²) in [5, 5.41) is 13.1. The molecule has 1 aromatic heterocycles. The summed E-state index contributed by atoms with van der Waals surface area (Å²) in [7, 11) is 0. The van der Waals surface area contributed by atoms with Gasteiger partial charge in [-0.2, -0.15) is 0 Å². The quantitative estimate of drug-likeness (QED) is 0.143. The molecule has 1 aliphatic rings. The average molecular weight is 605 g/mol. The van der Waals surface area contributed by atoms with Crippen molar-refractivity contribution in [2.24, 2.45) is 5.92 Å². The fourth-order valence-corrected chi connectivity index (χ4v) is 6.33. The van der Waals surface area contributed by atoms with E-state index in [0.717, 1.165) is 63.7 Å². The topological polar surface area (TPSA) is 124 Å². The molecule has 1 unspecified atom stereocenters. The van der Waals surface area contributed by atoms with E-state index >= 15 is 0 Å². The maximum atomic E-state index is 13.1. The summed E-state index contributed by atoms with van der Waals surface area (Å²) < 4.78 is 20.3. The van der Waals surface area contributed by atoms with Crippen LogP contribution in [0.2, 0.25) is 0 Å². The number of anilines is 1. The zero-order chi connectivity index (χ0) is 31.0. The number of unbranched alkanes of at least 4 members (excludes halogenated alkanes) is 3. The number of rotatable bonds is 11. The van der Waals surface area contributed by atoms with Crippen LogP contribution in [0.3, 0.4) is 0 Å². The normalized spacial score (nSPS) is 14.6. The predicted octanol–water partition coefficient (Wildman–Crippen LogP) is 5.82. The van der Waals surface area contributed by atoms with E-state index in [1.54, 1.807) is 0 Å². The van der Waals surface area contributed by atoms with E-state index in [1.807, 2.05) is 55.4 Å². The van der Waals surface area contributed by atoms with Crippen LogP contribution in [-0.2, 0) is 22.5 Å². The number of aromatic nitrogens is 1. The van der Waals surface area contributed by atoms with Crippen molar-refractivity contribution in [1.29, 1.82) is 0 Å². The van der Waals surface area contributed by atoms with Gasteiger partial charge in [-0.25, -0.2) is 9.78 Å². The van der Waals surface area contributed by atoms with Crippen LogP contribution in [0.25, 0.3) is 22.0 Å². The number of hydrogen-bond donors (Lipinski definition) is 3. The fourth-order valence-electron chi connectivity index (χ4n) is 4.91. The second kappa shape index (κ2) is 14.9. The van der Waals surface area contributed by atoms with E-state index in [1.165, 1.54) is 0 Å². The average Bonchev–Trinajstić information content (AvgIpc) is 2.93. The number of nitrogens with one attached hydrogen (secondary N) is 1. The van der Waals surface area contributed by atoms with E-state index in [9.17, 15) is 14.5 Å². The Kier molecular flexibility index (Phi) is 11.3. The number of benzene rings is 2. The minimum atomic E-state index is -1.29. The molecule has 9 heteroatoms. The van der Waals surface area contributed by atoms with Gasteiger partial charge in [0, 0.05) is 42.5 Å². The lowest BCUT2D eigenvalue weighted by atomic mass is 9.97. The standard InChI is InChI=1S/C34H44N4O4S/c1-5-6-8-13-27-19-30-26(12-9-7-10-16-36-33(40)42-34(2,3)4)17-28(20-31(30)37-32(27)35)25-14-11-15-29(18-25)43(41)38-21-24(22-38)23-39/h11,14-15,17-20,24,39H,5-8,10,13,16,21-23H2,1-4H3,(H2,35,37)(H,36,40). The summed E-state index contributed by atoms with van der Waals surface area (Å²) in [6.45, 7) is 9.53. The minimum Gasteiger partial charge on any atom is -0.593 e. The van der Waals surface area contributed by atoms with Gasteiger partial charge in [0.1, 0.15) is 11.4 Å². The van der Waals surface area contributed by atoms with E-state index in [-0.39, 0.29) is 12.5 Å². The highest BCUT2D eigenvalue weighted by Crippen LogP contribution is 2.32. The van der Waals surface area contributed by atoms with E-state index in [0.29, 0.717) is 38.3 Å². The molecule has 230 valence electrons. The number of hydrogen-bond acceptors (Lipinski definition) is 7. The number of nitrogens with zero attached hydrogens (tertiary/aromatic N) is 2. The Morgan fingerprint density at radius 1 is 1.19 bits per heavy atom. The molecule has 43 heavy (non-hydrogen) atoms. The second-order valence-corrected chi connectivity index (χ2v) is 13.6. The summed E-state index contributed by atoms with van der Waals surface area (Å²) in [6, 6.07) is 13.9. The summed E-state index contributed by atoms with van der Waals surface area (Å²) in [5.74, 6) is 7.36. The summed E-state index contributed by atoms with van der Waals surface area (Å²) >= 11 is -1.29. The van der Waals surface area contributed by atoms with Gasteiger partial charge in [-0.05, 0) is 81.0 Å². The Balaban J connectivity index is 1.59. The summed E-state index contributed by atoms with van der Waals surface area (Å²) in [6.07, 6.45) is 5.06. The van der Waals surface area contributed by atoms with Crippen LogP contribution < -0.4 is 11.1 Å². The number of nitrogens with two attached hydrogens (primary N) is 1. The molecule has 2 aromatic carbocycles. The number of pyridine rings is 1. The lowest BCUT2D eigenvalue weighted by Gasteiger charge is -2.36. The van der Waals surface area contributed by atoms with Crippen molar-refractivity contribution < 1.29 is 19.2 Å². The Hall–Kier alpha value is -3.29. The number of fused-ring (bicyclic) bond motifs is 1. The molecule has 0 bridgehead atoms. The van der Waals surface area contributed by atoms with Crippen LogP contribution in [0.1, 0.15) is 70.9 Å². The third-order valence-corrected chi connectivity index (χ3v) is 8.68. The van der Waals surface area contributed by atoms with Crippen molar-refractivity contribution >= 4 is 34.2 Å². The van der Waals surface area contributed by atoms with Crippen molar-refractivity contribution in [2.75, 3.05) is 32.0 Å². The number of amides is 1. The number of alkyl carbamates (subject to hydrolysis) is 1. The number of ether oxygens (including phenoxy) is 1. The van der Waals surface area contributed by atoms with E-state index in [4.69, 9.17) is 15.5 Å². The van der Waals surface area contributed by atoms with Crippen LogP contribution in [0, 0.1) is 17.8 Å². The molecule has 1 aliphatic heterocycles. The van der Waals surface area contributed by atoms with Gasteiger partial charge >= 0.3 is 6.09 Å². The Morgan fingerprint density at radius 3 is 2.70 bits per heavy atom.